The SMILES string of the molecule is [CH2]CNC(=O)OCCl. The summed E-state index contributed by atoms with van der Waals surface area (Å²) in [5.41, 5.74) is 0. The number of nitrogens with one attached hydrogen (secondary N) is 1. The molecule has 1 radical (unpaired) electrons. The first-order chi connectivity index (χ1) is 3.81. The maximum absolute atomic E-state index is 10.2. The van der Waals surface area contributed by atoms with E-state index in [4.69, 9.17) is 11.6 Å². The molecule has 0 aliphatic rings. The number of halogens is 1. The third kappa shape index (κ3) is 3.74. The first-order valence-electron chi connectivity index (χ1n) is 2.07. The van der Waals surface area contributed by atoms with Gasteiger partial charge in [0.15, 0.2) is 6.07 Å². The number of alkyl carbamates (subject to hydrolysis) is 1. The summed E-state index contributed by atoms with van der Waals surface area (Å²) in [5.74, 6) is 0. The zero-order chi connectivity index (χ0) is 6.41. The van der Waals surface area contributed by atoms with E-state index in [0.717, 1.165) is 0 Å². The van der Waals surface area contributed by atoms with Crippen molar-refractivity contribution < 1.29 is 9.53 Å². The summed E-state index contributed by atoms with van der Waals surface area (Å²) in [4.78, 5) is 10.2. The molecule has 0 bridgehead atoms. The van der Waals surface area contributed by atoms with Crippen LogP contribution in [0.15, 0.2) is 0 Å². The molecule has 0 heterocycles. The predicted molar refractivity (Wildman–Crippen MR) is 30.6 cm³/mol. The van der Waals surface area contributed by atoms with Gasteiger partial charge in [-0.3, -0.25) is 0 Å². The Kier molecular flexibility index (Phi) is 4.45. The van der Waals surface area contributed by atoms with Crippen molar-refractivity contribution in [3.63, 3.8) is 0 Å². The highest BCUT2D eigenvalue weighted by Crippen LogP contribution is 1.78. The Bertz CT molecular complexity index is 68.4. The van der Waals surface area contributed by atoms with E-state index in [2.05, 4.69) is 17.0 Å². The van der Waals surface area contributed by atoms with Gasteiger partial charge in [0.1, 0.15) is 0 Å². The lowest BCUT2D eigenvalue weighted by atomic mass is 10.8. The molecule has 1 N–H and O–H groups in total. The second-order valence-corrected chi connectivity index (χ2v) is 1.19. The summed E-state index contributed by atoms with van der Waals surface area (Å²) < 4.78 is 4.26. The fourth-order valence-corrected chi connectivity index (χ4v) is 0.302. The Morgan fingerprint density at radius 1 is 1.88 bits per heavy atom. The Morgan fingerprint density at radius 3 is 2.88 bits per heavy atom. The molecule has 47 valence electrons. The van der Waals surface area contributed by atoms with Crippen molar-refractivity contribution in [1.82, 2.24) is 5.32 Å². The Labute approximate surface area is 53.0 Å². The van der Waals surface area contributed by atoms with Crippen molar-refractivity contribution >= 4 is 17.7 Å². The van der Waals surface area contributed by atoms with Gasteiger partial charge in [-0.15, -0.1) is 0 Å². The summed E-state index contributed by atoms with van der Waals surface area (Å²) in [6.07, 6.45) is -0.532. The van der Waals surface area contributed by atoms with E-state index in [-0.39, 0.29) is 6.07 Å². The lowest BCUT2D eigenvalue weighted by Gasteiger charge is -1.98. The molecule has 4 heteroatoms. The van der Waals surface area contributed by atoms with Crippen LogP contribution in [0.3, 0.4) is 0 Å². The summed E-state index contributed by atoms with van der Waals surface area (Å²) in [7, 11) is 0. The topological polar surface area (TPSA) is 38.3 Å². The van der Waals surface area contributed by atoms with Gasteiger partial charge in [-0.2, -0.15) is 0 Å². The van der Waals surface area contributed by atoms with Crippen LogP contribution in [0, 0.1) is 6.92 Å². The molecular weight excluding hydrogens is 130 g/mol. The summed E-state index contributed by atoms with van der Waals surface area (Å²) in [6, 6.07) is -0.119. The lowest BCUT2D eigenvalue weighted by molar-refractivity contribution is 0.165. The number of carbonyl (C=O) groups excluding carboxylic acids is 1. The Balaban J connectivity index is 3.06. The van der Waals surface area contributed by atoms with Crippen LogP contribution in [-0.4, -0.2) is 18.7 Å². The number of amides is 1. The minimum absolute atomic E-state index is 0.119. The Hall–Kier alpha value is -0.440. The van der Waals surface area contributed by atoms with Crippen molar-refractivity contribution in [2.24, 2.45) is 0 Å². The summed E-state index contributed by atoms with van der Waals surface area (Å²) in [6.45, 7) is 3.67. The van der Waals surface area contributed by atoms with E-state index >= 15 is 0 Å². The molecule has 0 saturated heterocycles. The molecule has 8 heavy (non-hydrogen) atoms. The molecule has 0 aliphatic heterocycles. The van der Waals surface area contributed by atoms with E-state index in [1.807, 2.05) is 0 Å². The molecule has 0 rings (SSSR count). The fraction of sp³-hybridized carbons (Fsp3) is 0.500. The van der Waals surface area contributed by atoms with Crippen molar-refractivity contribution in [2.75, 3.05) is 12.6 Å². The van der Waals surface area contributed by atoms with Crippen LogP contribution in [0.4, 0.5) is 4.79 Å². The van der Waals surface area contributed by atoms with Gasteiger partial charge in [-0.1, -0.05) is 11.6 Å². The highest BCUT2D eigenvalue weighted by Gasteiger charge is 1.93. The van der Waals surface area contributed by atoms with Crippen molar-refractivity contribution in [2.45, 2.75) is 0 Å². The van der Waals surface area contributed by atoms with Crippen LogP contribution in [0.25, 0.3) is 0 Å². The van der Waals surface area contributed by atoms with E-state index in [1.54, 1.807) is 0 Å². The maximum Gasteiger partial charge on any atom is 0.408 e. The van der Waals surface area contributed by atoms with Crippen molar-refractivity contribution in [1.29, 1.82) is 0 Å². The zero-order valence-electron chi connectivity index (χ0n) is 4.32. The third-order valence-electron chi connectivity index (χ3n) is 0.455. The van der Waals surface area contributed by atoms with Gasteiger partial charge in [0, 0.05) is 6.54 Å². The molecule has 0 aromatic heterocycles. The lowest BCUT2D eigenvalue weighted by Crippen LogP contribution is -2.23. The molecule has 0 unspecified atom stereocenters. The third-order valence-corrected chi connectivity index (χ3v) is 0.564. The minimum atomic E-state index is -0.532. The molecule has 0 aliphatic carbocycles. The molecule has 0 spiro atoms. The highest BCUT2D eigenvalue weighted by atomic mass is 35.5. The van der Waals surface area contributed by atoms with Crippen LogP contribution in [-0.2, 0) is 4.74 Å². The molecule has 3 nitrogen and oxygen atoms in total. The van der Waals surface area contributed by atoms with E-state index in [0.29, 0.717) is 6.54 Å². The van der Waals surface area contributed by atoms with Gasteiger partial charge in [0.05, 0.1) is 0 Å². The number of hydrogen-bond acceptors (Lipinski definition) is 2. The second kappa shape index (κ2) is 4.71. The standard InChI is InChI=1S/C4H7ClNO2/c1-2-6-4(7)8-3-5/h1-3H2,(H,6,7). The molecule has 0 fully saturated rings. The molecule has 0 saturated carbocycles. The fourth-order valence-electron chi connectivity index (χ4n) is 0.203. The van der Waals surface area contributed by atoms with Gasteiger partial charge < -0.3 is 10.1 Å². The van der Waals surface area contributed by atoms with Crippen LogP contribution < -0.4 is 5.32 Å². The first kappa shape index (κ1) is 7.56. The van der Waals surface area contributed by atoms with Crippen LogP contribution in [0.5, 0.6) is 0 Å². The monoisotopic (exact) mass is 136 g/mol. The number of rotatable bonds is 2. The minimum Gasteiger partial charge on any atom is -0.433 e. The maximum atomic E-state index is 10.2. The largest absolute Gasteiger partial charge is 0.433 e. The van der Waals surface area contributed by atoms with Gasteiger partial charge in [-0.25, -0.2) is 4.79 Å². The molecule has 0 aromatic rings. The van der Waals surface area contributed by atoms with E-state index in [1.165, 1.54) is 0 Å². The van der Waals surface area contributed by atoms with Crippen LogP contribution in [0.1, 0.15) is 0 Å². The molecular formula is C4H7ClNO2. The normalized spacial score (nSPS) is 8.25. The Morgan fingerprint density at radius 2 is 2.50 bits per heavy atom. The van der Waals surface area contributed by atoms with Gasteiger partial charge in [0.25, 0.3) is 0 Å². The van der Waals surface area contributed by atoms with Gasteiger partial charge >= 0.3 is 6.09 Å². The molecule has 0 atom stereocenters. The van der Waals surface area contributed by atoms with Gasteiger partial charge in [-0.05, 0) is 6.92 Å². The number of alkyl halides is 1. The van der Waals surface area contributed by atoms with Gasteiger partial charge in [0.2, 0.25) is 0 Å². The smallest absolute Gasteiger partial charge is 0.408 e. The van der Waals surface area contributed by atoms with E-state index in [9.17, 15) is 4.79 Å². The number of ether oxygens (including phenoxy) is 1. The van der Waals surface area contributed by atoms with Crippen molar-refractivity contribution in [3.8, 4) is 0 Å². The average molecular weight is 137 g/mol. The van der Waals surface area contributed by atoms with Crippen molar-refractivity contribution in [3.05, 3.63) is 6.92 Å². The van der Waals surface area contributed by atoms with Crippen LogP contribution >= 0.6 is 11.6 Å². The van der Waals surface area contributed by atoms with Crippen LogP contribution in [0.2, 0.25) is 0 Å². The van der Waals surface area contributed by atoms with E-state index < -0.39 is 6.09 Å². The number of carbonyl (C=O) groups is 1. The molecule has 0 aromatic carbocycles. The summed E-state index contributed by atoms with van der Waals surface area (Å²) >= 11 is 5.03. The quantitative estimate of drug-likeness (QED) is 0.569. The number of hydrogen-bond donors (Lipinski definition) is 1. The average Bonchev–Trinajstić information content (AvgIpc) is 1.68. The first-order valence-corrected chi connectivity index (χ1v) is 2.60. The molecule has 1 amide bonds. The highest BCUT2D eigenvalue weighted by molar-refractivity contribution is 6.17. The zero-order valence-corrected chi connectivity index (χ0v) is 5.07. The second-order valence-electron chi connectivity index (χ2n) is 0.968. The summed E-state index contributed by atoms with van der Waals surface area (Å²) in [5, 5.41) is 2.29. The predicted octanol–water partition coefficient (Wildman–Crippen LogP) is 0.743.